The molecule has 0 aliphatic rings. The molecule has 0 radical (unpaired) electrons. The van der Waals surface area contributed by atoms with Crippen LogP contribution in [-0.4, -0.2) is 23.1 Å². The molecule has 2 aromatic rings. The van der Waals surface area contributed by atoms with E-state index in [9.17, 15) is 0 Å². The minimum atomic E-state index is 0.317. The fraction of sp³-hybridized carbons (Fsp3) is 0.455. The summed E-state index contributed by atoms with van der Waals surface area (Å²) in [7, 11) is 2.02. The van der Waals surface area contributed by atoms with Crippen molar-refractivity contribution in [2.45, 2.75) is 26.8 Å². The van der Waals surface area contributed by atoms with Crippen molar-refractivity contribution in [3.63, 3.8) is 0 Å². The Morgan fingerprint density at radius 3 is 2.69 bits per heavy atom. The Balaban J connectivity index is 2.66. The van der Waals surface area contributed by atoms with Crippen LogP contribution in [0.4, 0.5) is 5.82 Å². The van der Waals surface area contributed by atoms with Crippen LogP contribution in [-0.2, 0) is 0 Å². The summed E-state index contributed by atoms with van der Waals surface area (Å²) in [4.78, 5) is 12.9. The van der Waals surface area contributed by atoms with Gasteiger partial charge < -0.3 is 4.90 Å². The topological polar surface area (TPSA) is 29.0 Å². The van der Waals surface area contributed by atoms with Gasteiger partial charge in [0.05, 0.1) is 5.39 Å². The fourth-order valence-corrected chi connectivity index (χ4v) is 2.60. The number of halogens is 1. The van der Waals surface area contributed by atoms with Gasteiger partial charge in [0, 0.05) is 18.0 Å². The molecule has 86 valence electrons. The number of aryl methyl sites for hydroxylation is 1. The van der Waals surface area contributed by atoms with Gasteiger partial charge in [0.15, 0.2) is 0 Å². The summed E-state index contributed by atoms with van der Waals surface area (Å²) in [6.07, 6.45) is 0. The summed E-state index contributed by atoms with van der Waals surface area (Å²) < 4.78 is 0. The van der Waals surface area contributed by atoms with Crippen molar-refractivity contribution < 1.29 is 0 Å². The van der Waals surface area contributed by atoms with E-state index in [1.807, 2.05) is 7.05 Å². The smallest absolute Gasteiger partial charge is 0.225 e. The number of anilines is 1. The van der Waals surface area contributed by atoms with Crippen LogP contribution in [0.1, 0.15) is 18.7 Å². The molecule has 0 aromatic carbocycles. The van der Waals surface area contributed by atoms with Crippen molar-refractivity contribution in [1.82, 2.24) is 9.97 Å². The molecule has 2 heterocycles. The second-order valence-electron chi connectivity index (χ2n) is 4.10. The van der Waals surface area contributed by atoms with Gasteiger partial charge in [-0.1, -0.05) is 0 Å². The standard InChI is InChI=1S/C11H14ClN3S/c1-6(2)15(4)9-8-5-7(3)16-10(8)14-11(12)13-9/h5-6H,1-4H3. The molecule has 0 aliphatic heterocycles. The lowest BCUT2D eigenvalue weighted by atomic mass is 10.3. The highest BCUT2D eigenvalue weighted by molar-refractivity contribution is 7.18. The normalized spacial score (nSPS) is 11.4. The zero-order valence-electron chi connectivity index (χ0n) is 9.78. The Labute approximate surface area is 104 Å². The van der Waals surface area contributed by atoms with Gasteiger partial charge in [-0.15, -0.1) is 11.3 Å². The van der Waals surface area contributed by atoms with Crippen LogP contribution in [0.2, 0.25) is 5.28 Å². The largest absolute Gasteiger partial charge is 0.357 e. The third kappa shape index (κ3) is 1.99. The number of hydrogen-bond acceptors (Lipinski definition) is 4. The maximum absolute atomic E-state index is 5.94. The average Bonchev–Trinajstić information content (AvgIpc) is 2.55. The lowest BCUT2D eigenvalue weighted by Crippen LogP contribution is -2.26. The van der Waals surface area contributed by atoms with E-state index in [4.69, 9.17) is 11.6 Å². The molecule has 0 atom stereocenters. The maximum Gasteiger partial charge on any atom is 0.225 e. The Bertz CT molecular complexity index is 521. The van der Waals surface area contributed by atoms with E-state index < -0.39 is 0 Å². The van der Waals surface area contributed by atoms with Crippen LogP contribution >= 0.6 is 22.9 Å². The molecule has 5 heteroatoms. The van der Waals surface area contributed by atoms with Gasteiger partial charge in [-0.3, -0.25) is 0 Å². The highest BCUT2D eigenvalue weighted by atomic mass is 35.5. The summed E-state index contributed by atoms with van der Waals surface area (Å²) >= 11 is 7.59. The van der Waals surface area contributed by atoms with Gasteiger partial charge in [0.25, 0.3) is 0 Å². The minimum Gasteiger partial charge on any atom is -0.357 e. The quantitative estimate of drug-likeness (QED) is 0.769. The van der Waals surface area contributed by atoms with Gasteiger partial charge in [0.1, 0.15) is 10.6 Å². The molecule has 16 heavy (non-hydrogen) atoms. The lowest BCUT2D eigenvalue weighted by Gasteiger charge is -2.23. The first-order chi connectivity index (χ1) is 7.49. The van der Waals surface area contributed by atoms with Gasteiger partial charge >= 0.3 is 0 Å². The molecule has 0 saturated carbocycles. The zero-order chi connectivity index (χ0) is 11.9. The van der Waals surface area contributed by atoms with Crippen LogP contribution in [0.15, 0.2) is 6.07 Å². The predicted octanol–water partition coefficient (Wildman–Crippen LogP) is 3.50. The molecule has 2 rings (SSSR count). The summed E-state index contributed by atoms with van der Waals surface area (Å²) in [5, 5.41) is 1.40. The Morgan fingerprint density at radius 2 is 2.06 bits per heavy atom. The number of thiophene rings is 1. The number of hydrogen-bond donors (Lipinski definition) is 0. The summed E-state index contributed by atoms with van der Waals surface area (Å²) in [5.41, 5.74) is 0. The fourth-order valence-electron chi connectivity index (χ4n) is 1.52. The molecule has 3 nitrogen and oxygen atoms in total. The summed E-state index contributed by atoms with van der Waals surface area (Å²) in [5.74, 6) is 0.911. The molecule has 0 amide bonds. The molecule has 2 aromatic heterocycles. The lowest BCUT2D eigenvalue weighted by molar-refractivity contribution is 0.746. The monoisotopic (exact) mass is 255 g/mol. The van der Waals surface area contributed by atoms with E-state index >= 15 is 0 Å². The maximum atomic E-state index is 5.94. The van der Waals surface area contributed by atoms with Gasteiger partial charge in [-0.25, -0.2) is 4.98 Å². The van der Waals surface area contributed by atoms with E-state index in [-0.39, 0.29) is 0 Å². The number of nitrogens with zero attached hydrogens (tertiary/aromatic N) is 3. The highest BCUT2D eigenvalue weighted by Gasteiger charge is 2.14. The van der Waals surface area contributed by atoms with Crippen molar-refractivity contribution in [2.24, 2.45) is 0 Å². The number of rotatable bonds is 2. The highest BCUT2D eigenvalue weighted by Crippen LogP contribution is 2.31. The van der Waals surface area contributed by atoms with Gasteiger partial charge in [-0.05, 0) is 38.4 Å². The van der Waals surface area contributed by atoms with Gasteiger partial charge in [-0.2, -0.15) is 4.98 Å². The molecule has 0 spiro atoms. The van der Waals surface area contributed by atoms with E-state index in [1.165, 1.54) is 4.88 Å². The molecular formula is C11H14ClN3S. The molecule has 0 unspecified atom stereocenters. The predicted molar refractivity (Wildman–Crippen MR) is 70.7 cm³/mol. The molecule has 0 bridgehead atoms. The molecule has 0 aliphatic carbocycles. The summed E-state index contributed by atoms with van der Waals surface area (Å²) in [6, 6.07) is 2.50. The minimum absolute atomic E-state index is 0.317. The molecule has 0 fully saturated rings. The second-order valence-corrected chi connectivity index (χ2v) is 5.67. The third-order valence-electron chi connectivity index (χ3n) is 2.58. The van der Waals surface area contributed by atoms with E-state index in [1.54, 1.807) is 11.3 Å². The Kier molecular flexibility index (Phi) is 3.04. The number of fused-ring (bicyclic) bond motifs is 1. The van der Waals surface area contributed by atoms with E-state index in [2.05, 4.69) is 41.7 Å². The van der Waals surface area contributed by atoms with Crippen LogP contribution in [0, 0.1) is 6.92 Å². The first-order valence-corrected chi connectivity index (χ1v) is 6.35. The van der Waals surface area contributed by atoms with Crippen molar-refractivity contribution in [3.05, 3.63) is 16.2 Å². The van der Waals surface area contributed by atoms with Crippen LogP contribution in [0.5, 0.6) is 0 Å². The zero-order valence-corrected chi connectivity index (χ0v) is 11.4. The van der Waals surface area contributed by atoms with Crippen molar-refractivity contribution in [3.8, 4) is 0 Å². The Morgan fingerprint density at radius 1 is 1.38 bits per heavy atom. The first-order valence-electron chi connectivity index (χ1n) is 5.15. The molecule has 0 N–H and O–H groups in total. The summed E-state index contributed by atoms with van der Waals surface area (Å²) in [6.45, 7) is 6.32. The van der Waals surface area contributed by atoms with E-state index in [0.29, 0.717) is 11.3 Å². The van der Waals surface area contributed by atoms with Crippen LogP contribution in [0.25, 0.3) is 10.2 Å². The molecular weight excluding hydrogens is 242 g/mol. The Hall–Kier alpha value is -0.870. The van der Waals surface area contributed by atoms with Crippen LogP contribution < -0.4 is 4.90 Å². The second kappa shape index (κ2) is 4.18. The average molecular weight is 256 g/mol. The van der Waals surface area contributed by atoms with Crippen molar-refractivity contribution in [1.29, 1.82) is 0 Å². The van der Waals surface area contributed by atoms with E-state index in [0.717, 1.165) is 16.0 Å². The van der Waals surface area contributed by atoms with Crippen LogP contribution in [0.3, 0.4) is 0 Å². The SMILES string of the molecule is Cc1cc2c(N(C)C(C)C)nc(Cl)nc2s1. The van der Waals surface area contributed by atoms with Crippen molar-refractivity contribution >= 4 is 39.0 Å². The third-order valence-corrected chi connectivity index (χ3v) is 3.69. The molecule has 0 saturated heterocycles. The van der Waals surface area contributed by atoms with Crippen molar-refractivity contribution in [2.75, 3.05) is 11.9 Å². The van der Waals surface area contributed by atoms with Gasteiger partial charge in [0.2, 0.25) is 5.28 Å². The number of aromatic nitrogens is 2. The first kappa shape index (κ1) is 11.6.